The molecule has 1 heterocycles. The van der Waals surface area contributed by atoms with E-state index in [0.717, 1.165) is 21.3 Å². The van der Waals surface area contributed by atoms with Gasteiger partial charge in [0.25, 0.3) is 0 Å². The molecular weight excluding hydrogens is 492 g/mol. The summed E-state index contributed by atoms with van der Waals surface area (Å²) in [5.41, 5.74) is 0. The summed E-state index contributed by atoms with van der Waals surface area (Å²) in [4.78, 5) is 40.0. The van der Waals surface area contributed by atoms with Crippen LogP contribution in [0.25, 0.3) is 0 Å². The van der Waals surface area contributed by atoms with Crippen molar-refractivity contribution in [3.8, 4) is 0 Å². The van der Waals surface area contributed by atoms with Gasteiger partial charge in [-0.15, -0.1) is 0 Å². The molecule has 0 saturated carbocycles. The van der Waals surface area contributed by atoms with Crippen molar-refractivity contribution in [1.29, 1.82) is 0 Å². The van der Waals surface area contributed by atoms with Crippen LogP contribution in [0, 0.1) is 0 Å². The first kappa shape index (κ1) is 37.9. The van der Waals surface area contributed by atoms with Gasteiger partial charge in [0.15, 0.2) is 0 Å². The van der Waals surface area contributed by atoms with Gasteiger partial charge in [-0.05, 0) is 0 Å². The third-order valence-corrected chi connectivity index (χ3v) is 8.06. The van der Waals surface area contributed by atoms with Crippen LogP contribution < -0.4 is 103 Å². The average molecular weight is 519 g/mol. The fourth-order valence-corrected chi connectivity index (χ4v) is 5.18. The van der Waals surface area contributed by atoms with Gasteiger partial charge in [0.2, 0.25) is 0 Å². The number of rotatable bonds is 9. The molecule has 0 N–H and O–H groups in total. The van der Waals surface area contributed by atoms with Crippen LogP contribution in [0.15, 0.2) is 0 Å². The zero-order valence-electron chi connectivity index (χ0n) is 18.7. The summed E-state index contributed by atoms with van der Waals surface area (Å²) in [6, 6.07) is 0. The number of hydrogen-bond donors (Lipinski definition) is 0. The van der Waals surface area contributed by atoms with Crippen LogP contribution in [0.3, 0.4) is 0 Å². The van der Waals surface area contributed by atoms with Gasteiger partial charge in [-0.2, -0.15) is 0 Å². The van der Waals surface area contributed by atoms with Gasteiger partial charge in [-0.1, -0.05) is 0 Å². The molecular formula is C12H27N3Na3O9P3. The third kappa shape index (κ3) is 16.1. The zero-order valence-corrected chi connectivity index (χ0v) is 27.4. The van der Waals surface area contributed by atoms with Gasteiger partial charge < -0.3 is 41.9 Å². The number of nitrogens with zero attached hydrogens (tertiary/aromatic N) is 3. The smallest absolute Gasteiger partial charge is 0.778 e. The molecule has 1 aliphatic heterocycles. The Bertz CT molecular complexity index is 529. The zero-order chi connectivity index (χ0) is 20.7. The second kappa shape index (κ2) is 17.7. The summed E-state index contributed by atoms with van der Waals surface area (Å²) in [7, 11) is -8.99. The molecule has 0 amide bonds. The molecule has 162 valence electrons. The normalized spacial score (nSPS) is 23.0. The molecule has 0 bridgehead atoms. The van der Waals surface area contributed by atoms with Gasteiger partial charge in [-0.25, -0.2) is 0 Å². The molecule has 0 aromatic heterocycles. The van der Waals surface area contributed by atoms with Crippen LogP contribution in [0.5, 0.6) is 0 Å². The van der Waals surface area contributed by atoms with Gasteiger partial charge >= 0.3 is 88.7 Å². The summed E-state index contributed by atoms with van der Waals surface area (Å²) in [6.07, 6.45) is -1.07. The molecule has 1 fully saturated rings. The first-order valence-corrected chi connectivity index (χ1v) is 13.3. The maximum Gasteiger partial charge on any atom is 1.00 e. The van der Waals surface area contributed by atoms with E-state index in [2.05, 4.69) is 13.6 Å². The topological polar surface area (TPSA) is 158 Å². The van der Waals surface area contributed by atoms with Gasteiger partial charge in [0.05, 0.1) is 18.9 Å². The molecule has 30 heavy (non-hydrogen) atoms. The Kier molecular flexibility index (Phi) is 22.4. The Hall–Kier alpha value is 3.33. The maximum absolute atomic E-state index is 11.8. The van der Waals surface area contributed by atoms with Crippen molar-refractivity contribution in [3.05, 3.63) is 0 Å². The fourth-order valence-electron chi connectivity index (χ4n) is 2.52. The molecule has 3 unspecified atom stereocenters. The Morgan fingerprint density at radius 3 is 0.867 bits per heavy atom. The van der Waals surface area contributed by atoms with E-state index >= 15 is 0 Å². The van der Waals surface area contributed by atoms with Gasteiger partial charge in [-0.3, -0.25) is 14.7 Å². The molecule has 1 rings (SSSR count). The van der Waals surface area contributed by atoms with Crippen LogP contribution in [0.2, 0.25) is 0 Å². The Balaban J connectivity index is -0.00000243. The molecule has 1 aliphatic rings. The van der Waals surface area contributed by atoms with E-state index < -0.39 is 22.8 Å². The first-order chi connectivity index (χ1) is 12.4. The summed E-state index contributed by atoms with van der Waals surface area (Å²) in [5.74, 6) is 0. The standard InChI is InChI=1S/C12H30N3O9P3.3Na/c1-22-25(16,17)10-13-4-6-14(11-26(18,19)23-2)8-9-15(7-5-13)12-27(20,21)24-3;;;/h4-12H2,1-3H3,(H,16,17)(H,18,19)(H,20,21);;;/q;3*+1/p-3. The first-order valence-electron chi connectivity index (χ1n) is 8.16. The van der Waals surface area contributed by atoms with Crippen molar-refractivity contribution < 1.29 is 131 Å². The van der Waals surface area contributed by atoms with E-state index in [-0.39, 0.29) is 147 Å². The summed E-state index contributed by atoms with van der Waals surface area (Å²) in [5, 5.41) is 0. The van der Waals surface area contributed by atoms with Crippen LogP contribution >= 0.6 is 22.8 Å². The summed E-state index contributed by atoms with van der Waals surface area (Å²) < 4.78 is 48.8. The van der Waals surface area contributed by atoms with Crippen molar-refractivity contribution in [2.24, 2.45) is 0 Å². The number of hydrogen-bond acceptors (Lipinski definition) is 12. The van der Waals surface area contributed by atoms with Gasteiger partial charge in [0.1, 0.15) is 22.8 Å². The Labute approximate surface area is 244 Å². The maximum atomic E-state index is 11.8. The second-order valence-corrected chi connectivity index (χ2v) is 11.8. The van der Waals surface area contributed by atoms with E-state index in [4.69, 9.17) is 0 Å². The van der Waals surface area contributed by atoms with Crippen molar-refractivity contribution in [1.82, 2.24) is 14.7 Å². The van der Waals surface area contributed by atoms with E-state index in [1.54, 1.807) is 14.7 Å². The molecule has 0 aromatic carbocycles. The second-order valence-electron chi connectivity index (χ2n) is 6.16. The SMILES string of the molecule is COP(=O)([O-])CN1CCN(CP(=O)([O-])OC)CCN(CP(=O)([O-])OC)CC1.[Na+].[Na+].[Na+]. The fraction of sp³-hybridized carbons (Fsp3) is 1.00. The van der Waals surface area contributed by atoms with Crippen molar-refractivity contribution >= 4 is 22.8 Å². The predicted octanol–water partition coefficient (Wildman–Crippen LogP) is -10.6. The average Bonchev–Trinajstić information content (AvgIpc) is 2.67. The van der Waals surface area contributed by atoms with Crippen LogP contribution in [-0.4, -0.2) is 94.2 Å². The molecule has 0 aliphatic carbocycles. The molecule has 0 spiro atoms. The molecule has 3 atom stereocenters. The summed E-state index contributed by atoms with van der Waals surface area (Å²) in [6.45, 7) is 1.62. The van der Waals surface area contributed by atoms with E-state index in [1.165, 1.54) is 0 Å². The van der Waals surface area contributed by atoms with Crippen LogP contribution in [-0.2, 0) is 27.3 Å². The molecule has 0 radical (unpaired) electrons. The quantitative estimate of drug-likeness (QED) is 0.210. The van der Waals surface area contributed by atoms with E-state index in [0.29, 0.717) is 0 Å². The monoisotopic (exact) mass is 519 g/mol. The minimum Gasteiger partial charge on any atom is -0.778 e. The van der Waals surface area contributed by atoms with Crippen molar-refractivity contribution in [2.45, 2.75) is 0 Å². The minimum absolute atomic E-state index is 0. The predicted molar refractivity (Wildman–Crippen MR) is 93.2 cm³/mol. The van der Waals surface area contributed by atoms with Crippen molar-refractivity contribution in [3.63, 3.8) is 0 Å². The molecule has 18 heteroatoms. The Morgan fingerprint density at radius 1 is 0.567 bits per heavy atom. The van der Waals surface area contributed by atoms with E-state index in [1.807, 2.05) is 0 Å². The largest absolute Gasteiger partial charge is 1.00 e. The third-order valence-electron chi connectivity index (χ3n) is 4.15. The summed E-state index contributed by atoms with van der Waals surface area (Å²) >= 11 is 0. The Morgan fingerprint density at radius 2 is 0.733 bits per heavy atom. The molecule has 0 aromatic rings. The molecule has 1 saturated heterocycles. The van der Waals surface area contributed by atoms with Gasteiger partial charge in [0, 0.05) is 60.6 Å². The van der Waals surface area contributed by atoms with E-state index in [9.17, 15) is 28.4 Å². The van der Waals surface area contributed by atoms with Crippen molar-refractivity contribution in [2.75, 3.05) is 79.5 Å². The molecule has 12 nitrogen and oxygen atoms in total. The van der Waals surface area contributed by atoms with Crippen LogP contribution in [0.1, 0.15) is 0 Å². The minimum atomic E-state index is -4.07. The van der Waals surface area contributed by atoms with Crippen LogP contribution in [0.4, 0.5) is 0 Å².